The number of benzene rings is 1. The van der Waals surface area contributed by atoms with Crippen LogP contribution in [0.3, 0.4) is 0 Å². The van der Waals surface area contributed by atoms with Crippen LogP contribution < -0.4 is 0 Å². The third kappa shape index (κ3) is 4.18. The minimum Gasteiger partial charge on any atom is -0.460 e. The number of rotatable bonds is 3. The molecule has 0 spiro atoms. The van der Waals surface area contributed by atoms with Crippen LogP contribution in [0.5, 0.6) is 0 Å². The van der Waals surface area contributed by atoms with E-state index < -0.39 is 5.60 Å². The first-order valence-corrected chi connectivity index (χ1v) is 8.97. The van der Waals surface area contributed by atoms with Crippen molar-refractivity contribution in [3.63, 3.8) is 0 Å². The van der Waals surface area contributed by atoms with E-state index in [9.17, 15) is 4.79 Å². The fraction of sp³-hybridized carbons (Fsp3) is 0.667. The Hall–Kier alpha value is -1.35. The van der Waals surface area contributed by atoms with Crippen LogP contribution in [0.15, 0.2) is 6.07 Å². The van der Waals surface area contributed by atoms with Gasteiger partial charge < -0.3 is 9.64 Å². The van der Waals surface area contributed by atoms with Gasteiger partial charge in [-0.1, -0.05) is 6.07 Å². The molecule has 1 saturated heterocycles. The molecular formula is C21H33NO2. The van der Waals surface area contributed by atoms with Crippen LogP contribution >= 0.6 is 0 Å². The van der Waals surface area contributed by atoms with E-state index in [0.717, 1.165) is 13.1 Å². The number of ether oxygens (including phenoxy) is 1. The highest BCUT2D eigenvalue weighted by Gasteiger charge is 2.35. The minimum absolute atomic E-state index is 0.0778. The molecule has 0 bridgehead atoms. The highest BCUT2D eigenvalue weighted by atomic mass is 16.6. The topological polar surface area (TPSA) is 29.5 Å². The van der Waals surface area contributed by atoms with Crippen molar-refractivity contribution in [3.05, 3.63) is 33.9 Å². The Bertz CT molecular complexity index is 628. The number of hydrogen-bond acceptors (Lipinski definition) is 3. The van der Waals surface area contributed by atoms with Gasteiger partial charge >= 0.3 is 5.97 Å². The van der Waals surface area contributed by atoms with Gasteiger partial charge in [0.1, 0.15) is 5.60 Å². The fourth-order valence-corrected chi connectivity index (χ4v) is 3.87. The standard InChI is InChI=1S/C21H33NO2/c1-13-9-18(16(4)15(3)14(13)2)19-12-22(8)11-17(19)10-20(23)24-21(5,6)7/h9,17,19H,10-12H2,1-8H3. The molecule has 3 heteroatoms. The van der Waals surface area contributed by atoms with Gasteiger partial charge in [-0.2, -0.15) is 0 Å². The van der Waals surface area contributed by atoms with Crippen LogP contribution in [0.2, 0.25) is 0 Å². The van der Waals surface area contributed by atoms with Crippen molar-refractivity contribution in [3.8, 4) is 0 Å². The summed E-state index contributed by atoms with van der Waals surface area (Å²) in [6, 6.07) is 2.34. The molecule has 1 aliphatic rings. The number of carbonyl (C=O) groups excluding carboxylic acids is 1. The molecule has 1 fully saturated rings. The number of carbonyl (C=O) groups is 1. The third-order valence-corrected chi connectivity index (χ3v) is 5.39. The lowest BCUT2D eigenvalue weighted by molar-refractivity contribution is -0.156. The van der Waals surface area contributed by atoms with Crippen molar-refractivity contribution < 1.29 is 9.53 Å². The number of nitrogens with zero attached hydrogens (tertiary/aromatic N) is 1. The fourth-order valence-electron chi connectivity index (χ4n) is 3.87. The van der Waals surface area contributed by atoms with Crippen LogP contribution in [-0.4, -0.2) is 36.6 Å². The molecule has 0 amide bonds. The lowest BCUT2D eigenvalue weighted by Crippen LogP contribution is -2.27. The second-order valence-corrected chi connectivity index (χ2v) is 8.54. The van der Waals surface area contributed by atoms with Crippen molar-refractivity contribution in [1.82, 2.24) is 4.90 Å². The predicted octanol–water partition coefficient (Wildman–Crippen LogP) is 4.30. The van der Waals surface area contributed by atoms with Crippen molar-refractivity contribution in [2.24, 2.45) is 5.92 Å². The highest BCUT2D eigenvalue weighted by molar-refractivity contribution is 5.70. The second kappa shape index (κ2) is 6.87. The number of likely N-dealkylation sites (tertiary alicyclic amines) is 1. The molecule has 1 aliphatic heterocycles. The molecule has 3 nitrogen and oxygen atoms in total. The number of hydrogen-bond donors (Lipinski definition) is 0. The minimum atomic E-state index is -0.413. The summed E-state index contributed by atoms with van der Waals surface area (Å²) in [7, 11) is 2.14. The maximum Gasteiger partial charge on any atom is 0.306 e. The van der Waals surface area contributed by atoms with E-state index in [1.54, 1.807) is 0 Å². The summed E-state index contributed by atoms with van der Waals surface area (Å²) < 4.78 is 5.56. The van der Waals surface area contributed by atoms with E-state index >= 15 is 0 Å². The van der Waals surface area contributed by atoms with Gasteiger partial charge in [0, 0.05) is 19.0 Å². The van der Waals surface area contributed by atoms with Crippen LogP contribution in [0.4, 0.5) is 0 Å². The van der Waals surface area contributed by atoms with E-state index in [1.807, 2.05) is 20.8 Å². The lowest BCUT2D eigenvalue weighted by Gasteiger charge is -2.25. The monoisotopic (exact) mass is 331 g/mol. The Morgan fingerprint density at radius 3 is 2.33 bits per heavy atom. The molecule has 0 aliphatic carbocycles. The van der Waals surface area contributed by atoms with Gasteiger partial charge in [-0.05, 0) is 89.2 Å². The Morgan fingerprint density at radius 1 is 1.12 bits per heavy atom. The predicted molar refractivity (Wildman–Crippen MR) is 99.6 cm³/mol. The van der Waals surface area contributed by atoms with Crippen LogP contribution in [-0.2, 0) is 9.53 Å². The maximum absolute atomic E-state index is 12.3. The Kier molecular flexibility index (Phi) is 5.44. The molecule has 1 aromatic carbocycles. The van der Waals surface area contributed by atoms with Gasteiger partial charge in [0.05, 0.1) is 6.42 Å². The van der Waals surface area contributed by atoms with Crippen LogP contribution in [0.25, 0.3) is 0 Å². The normalized spacial score (nSPS) is 22.0. The molecule has 2 unspecified atom stereocenters. The molecule has 134 valence electrons. The molecule has 0 N–H and O–H groups in total. The van der Waals surface area contributed by atoms with E-state index in [-0.39, 0.29) is 5.97 Å². The van der Waals surface area contributed by atoms with Crippen molar-refractivity contribution in [1.29, 1.82) is 0 Å². The van der Waals surface area contributed by atoms with E-state index in [2.05, 4.69) is 45.7 Å². The molecule has 2 rings (SSSR count). The van der Waals surface area contributed by atoms with E-state index in [1.165, 1.54) is 27.8 Å². The summed E-state index contributed by atoms with van der Waals surface area (Å²) >= 11 is 0. The highest BCUT2D eigenvalue weighted by Crippen LogP contribution is 2.38. The smallest absolute Gasteiger partial charge is 0.306 e. The van der Waals surface area contributed by atoms with Gasteiger partial charge in [-0.25, -0.2) is 0 Å². The Morgan fingerprint density at radius 2 is 1.75 bits per heavy atom. The number of esters is 1. The first kappa shape index (κ1) is 19.0. The number of aryl methyl sites for hydroxylation is 1. The summed E-state index contributed by atoms with van der Waals surface area (Å²) in [6.07, 6.45) is 0.498. The zero-order valence-electron chi connectivity index (χ0n) is 16.6. The lowest BCUT2D eigenvalue weighted by atomic mass is 9.81. The first-order valence-electron chi connectivity index (χ1n) is 8.97. The summed E-state index contributed by atoms with van der Waals surface area (Å²) in [5.41, 5.74) is 6.49. The summed E-state index contributed by atoms with van der Waals surface area (Å²) in [4.78, 5) is 14.7. The molecule has 0 radical (unpaired) electrons. The van der Waals surface area contributed by atoms with Gasteiger partial charge in [0.25, 0.3) is 0 Å². The molecule has 0 saturated carbocycles. The zero-order chi connectivity index (χ0) is 18.2. The van der Waals surface area contributed by atoms with Crippen LogP contribution in [0, 0.1) is 33.6 Å². The Balaban J connectivity index is 2.27. The molecule has 2 atom stereocenters. The largest absolute Gasteiger partial charge is 0.460 e. The molecule has 1 heterocycles. The molecular weight excluding hydrogens is 298 g/mol. The van der Waals surface area contributed by atoms with Gasteiger partial charge in [-0.3, -0.25) is 4.79 Å². The summed E-state index contributed by atoms with van der Waals surface area (Å²) in [5.74, 6) is 0.650. The number of likely N-dealkylation sites (N-methyl/N-ethyl adjacent to an activating group) is 1. The average molecular weight is 332 g/mol. The quantitative estimate of drug-likeness (QED) is 0.774. The molecule has 1 aromatic rings. The van der Waals surface area contributed by atoms with Crippen LogP contribution in [0.1, 0.15) is 60.9 Å². The van der Waals surface area contributed by atoms with E-state index in [4.69, 9.17) is 4.74 Å². The molecule has 24 heavy (non-hydrogen) atoms. The van der Waals surface area contributed by atoms with Gasteiger partial charge in [0.2, 0.25) is 0 Å². The average Bonchev–Trinajstić information content (AvgIpc) is 2.78. The Labute approximate surface area is 147 Å². The second-order valence-electron chi connectivity index (χ2n) is 8.54. The van der Waals surface area contributed by atoms with Crippen molar-refractivity contribution >= 4 is 5.97 Å². The zero-order valence-corrected chi connectivity index (χ0v) is 16.6. The SMILES string of the molecule is Cc1cc(C2CN(C)CC2CC(=O)OC(C)(C)C)c(C)c(C)c1C. The summed E-state index contributed by atoms with van der Waals surface area (Å²) in [5, 5.41) is 0. The van der Waals surface area contributed by atoms with Gasteiger partial charge in [-0.15, -0.1) is 0 Å². The third-order valence-electron chi connectivity index (χ3n) is 5.39. The van der Waals surface area contributed by atoms with Crippen molar-refractivity contribution in [2.45, 2.75) is 66.4 Å². The van der Waals surface area contributed by atoms with E-state index in [0.29, 0.717) is 18.3 Å². The first-order chi connectivity index (χ1) is 11.0. The maximum atomic E-state index is 12.3. The molecule has 0 aromatic heterocycles. The van der Waals surface area contributed by atoms with Crippen molar-refractivity contribution in [2.75, 3.05) is 20.1 Å². The van der Waals surface area contributed by atoms with Gasteiger partial charge in [0.15, 0.2) is 0 Å². The summed E-state index contributed by atoms with van der Waals surface area (Å²) in [6.45, 7) is 16.6.